The molecule has 0 radical (unpaired) electrons. The van der Waals surface area contributed by atoms with Gasteiger partial charge in [0.05, 0.1) is 5.69 Å². The van der Waals surface area contributed by atoms with Crippen LogP contribution < -0.4 is 5.32 Å². The fourth-order valence-corrected chi connectivity index (χ4v) is 2.22. The molecule has 0 fully saturated rings. The van der Waals surface area contributed by atoms with Crippen LogP contribution in [0.3, 0.4) is 0 Å². The second-order valence-electron chi connectivity index (χ2n) is 4.96. The molecular formula is C17H20FN. The SMILES string of the molecule is Cc1cccc(F)c1NCCC(C)c1ccccc1. The van der Waals surface area contributed by atoms with Gasteiger partial charge in [-0.05, 0) is 36.5 Å². The first kappa shape index (κ1) is 13.6. The van der Waals surface area contributed by atoms with Gasteiger partial charge in [-0.3, -0.25) is 0 Å². The summed E-state index contributed by atoms with van der Waals surface area (Å²) in [7, 11) is 0. The number of halogens is 1. The Hall–Kier alpha value is -1.83. The van der Waals surface area contributed by atoms with Crippen molar-refractivity contribution in [1.82, 2.24) is 0 Å². The molecule has 19 heavy (non-hydrogen) atoms. The number of benzene rings is 2. The highest BCUT2D eigenvalue weighted by atomic mass is 19.1. The van der Waals surface area contributed by atoms with Crippen LogP contribution in [0.15, 0.2) is 48.5 Å². The van der Waals surface area contributed by atoms with Gasteiger partial charge >= 0.3 is 0 Å². The van der Waals surface area contributed by atoms with E-state index in [1.165, 1.54) is 11.6 Å². The van der Waals surface area contributed by atoms with E-state index in [4.69, 9.17) is 0 Å². The molecule has 1 nitrogen and oxygen atoms in total. The number of hydrogen-bond acceptors (Lipinski definition) is 1. The van der Waals surface area contributed by atoms with Gasteiger partial charge in [-0.15, -0.1) is 0 Å². The maximum Gasteiger partial charge on any atom is 0.146 e. The number of hydrogen-bond donors (Lipinski definition) is 1. The smallest absolute Gasteiger partial charge is 0.146 e. The average molecular weight is 257 g/mol. The summed E-state index contributed by atoms with van der Waals surface area (Å²) in [6.07, 6.45) is 0.984. The number of aryl methyl sites for hydroxylation is 1. The van der Waals surface area contributed by atoms with E-state index in [1.807, 2.05) is 19.1 Å². The van der Waals surface area contributed by atoms with Gasteiger partial charge in [0.15, 0.2) is 0 Å². The maximum absolute atomic E-state index is 13.6. The topological polar surface area (TPSA) is 12.0 Å². The fourth-order valence-electron chi connectivity index (χ4n) is 2.22. The first-order valence-electron chi connectivity index (χ1n) is 6.72. The van der Waals surface area contributed by atoms with Gasteiger partial charge in [-0.25, -0.2) is 4.39 Å². The Morgan fingerprint density at radius 3 is 2.47 bits per heavy atom. The molecule has 1 N–H and O–H groups in total. The minimum absolute atomic E-state index is 0.174. The Labute approximate surface area is 114 Å². The monoisotopic (exact) mass is 257 g/mol. The Morgan fingerprint density at radius 1 is 1.05 bits per heavy atom. The molecule has 0 saturated heterocycles. The lowest BCUT2D eigenvalue weighted by Crippen LogP contribution is -2.08. The second kappa shape index (κ2) is 6.37. The zero-order chi connectivity index (χ0) is 13.7. The van der Waals surface area contributed by atoms with Crippen LogP contribution in [0.5, 0.6) is 0 Å². The summed E-state index contributed by atoms with van der Waals surface area (Å²) in [6, 6.07) is 15.6. The fraction of sp³-hybridized carbons (Fsp3) is 0.294. The van der Waals surface area contributed by atoms with Crippen molar-refractivity contribution in [1.29, 1.82) is 0 Å². The molecule has 0 amide bonds. The zero-order valence-corrected chi connectivity index (χ0v) is 11.5. The molecule has 0 aliphatic carbocycles. The predicted octanol–water partition coefficient (Wildman–Crippen LogP) is 4.74. The largest absolute Gasteiger partial charge is 0.382 e. The van der Waals surface area contributed by atoms with Crippen LogP contribution in [0.25, 0.3) is 0 Å². The number of nitrogens with one attached hydrogen (secondary N) is 1. The minimum Gasteiger partial charge on any atom is -0.382 e. The van der Waals surface area contributed by atoms with Gasteiger partial charge in [0.1, 0.15) is 5.82 Å². The third kappa shape index (κ3) is 3.57. The summed E-state index contributed by atoms with van der Waals surface area (Å²) in [6.45, 7) is 4.90. The Bertz CT molecular complexity index is 502. The van der Waals surface area contributed by atoms with E-state index in [-0.39, 0.29) is 5.82 Å². The highest BCUT2D eigenvalue weighted by Gasteiger charge is 2.07. The normalized spacial score (nSPS) is 12.2. The van der Waals surface area contributed by atoms with Crippen molar-refractivity contribution in [3.05, 3.63) is 65.5 Å². The Morgan fingerprint density at radius 2 is 1.79 bits per heavy atom. The molecule has 0 bridgehead atoms. The molecule has 1 unspecified atom stereocenters. The third-order valence-corrected chi connectivity index (χ3v) is 3.47. The Kier molecular flexibility index (Phi) is 4.56. The first-order valence-corrected chi connectivity index (χ1v) is 6.72. The van der Waals surface area contributed by atoms with Crippen molar-refractivity contribution in [2.45, 2.75) is 26.2 Å². The second-order valence-corrected chi connectivity index (χ2v) is 4.96. The zero-order valence-electron chi connectivity index (χ0n) is 11.5. The molecule has 2 aromatic carbocycles. The number of para-hydroxylation sites is 1. The summed E-state index contributed by atoms with van der Waals surface area (Å²) >= 11 is 0. The summed E-state index contributed by atoms with van der Waals surface area (Å²) in [4.78, 5) is 0. The molecule has 0 saturated carbocycles. The van der Waals surface area contributed by atoms with Crippen molar-refractivity contribution in [3.8, 4) is 0 Å². The van der Waals surface area contributed by atoms with E-state index in [0.29, 0.717) is 11.6 Å². The molecule has 0 aliphatic rings. The first-order chi connectivity index (χ1) is 9.18. The van der Waals surface area contributed by atoms with Crippen LogP contribution in [0.2, 0.25) is 0 Å². The number of rotatable bonds is 5. The lowest BCUT2D eigenvalue weighted by Gasteiger charge is -2.14. The van der Waals surface area contributed by atoms with Crippen LogP contribution in [-0.2, 0) is 0 Å². The molecule has 0 spiro atoms. The molecule has 2 rings (SSSR count). The summed E-state index contributed by atoms with van der Waals surface area (Å²) in [5.74, 6) is 0.299. The standard InChI is InChI=1S/C17H20FN/c1-13(15-8-4-3-5-9-15)11-12-19-17-14(2)7-6-10-16(17)18/h3-10,13,19H,11-12H2,1-2H3. The molecule has 2 heteroatoms. The van der Waals surface area contributed by atoms with Crippen molar-refractivity contribution in [2.75, 3.05) is 11.9 Å². The number of anilines is 1. The molecule has 2 aromatic rings. The Balaban J connectivity index is 1.90. The molecule has 0 heterocycles. The van der Waals surface area contributed by atoms with E-state index in [1.54, 1.807) is 6.07 Å². The maximum atomic E-state index is 13.6. The minimum atomic E-state index is -0.174. The van der Waals surface area contributed by atoms with Crippen molar-refractivity contribution < 1.29 is 4.39 Å². The quantitative estimate of drug-likeness (QED) is 0.815. The van der Waals surface area contributed by atoms with Gasteiger partial charge in [0, 0.05) is 6.54 Å². The molecule has 1 atom stereocenters. The molecule has 0 aliphatic heterocycles. The van der Waals surface area contributed by atoms with E-state index in [2.05, 4.69) is 36.5 Å². The van der Waals surface area contributed by atoms with Crippen molar-refractivity contribution in [2.24, 2.45) is 0 Å². The highest BCUT2D eigenvalue weighted by Crippen LogP contribution is 2.21. The van der Waals surface area contributed by atoms with Crippen LogP contribution in [-0.4, -0.2) is 6.54 Å². The van der Waals surface area contributed by atoms with Gasteiger partial charge < -0.3 is 5.32 Å². The lowest BCUT2D eigenvalue weighted by molar-refractivity contribution is 0.626. The van der Waals surface area contributed by atoms with Crippen LogP contribution in [0.1, 0.15) is 30.4 Å². The van der Waals surface area contributed by atoms with Gasteiger partial charge in [0.25, 0.3) is 0 Å². The van der Waals surface area contributed by atoms with Crippen molar-refractivity contribution in [3.63, 3.8) is 0 Å². The van der Waals surface area contributed by atoms with Crippen LogP contribution >= 0.6 is 0 Å². The van der Waals surface area contributed by atoms with Gasteiger partial charge in [-0.2, -0.15) is 0 Å². The predicted molar refractivity (Wildman–Crippen MR) is 79.1 cm³/mol. The van der Waals surface area contributed by atoms with Crippen LogP contribution in [0.4, 0.5) is 10.1 Å². The van der Waals surface area contributed by atoms with Gasteiger partial charge in [0.2, 0.25) is 0 Å². The van der Waals surface area contributed by atoms with E-state index >= 15 is 0 Å². The summed E-state index contributed by atoms with van der Waals surface area (Å²) < 4.78 is 13.6. The summed E-state index contributed by atoms with van der Waals surface area (Å²) in [5.41, 5.74) is 2.91. The third-order valence-electron chi connectivity index (χ3n) is 3.47. The molecule has 100 valence electrons. The van der Waals surface area contributed by atoms with Crippen molar-refractivity contribution >= 4 is 5.69 Å². The highest BCUT2D eigenvalue weighted by molar-refractivity contribution is 5.51. The molecular weight excluding hydrogens is 237 g/mol. The van der Waals surface area contributed by atoms with Gasteiger partial charge in [-0.1, -0.05) is 49.4 Å². The lowest BCUT2D eigenvalue weighted by atomic mass is 9.98. The van der Waals surface area contributed by atoms with E-state index < -0.39 is 0 Å². The summed E-state index contributed by atoms with van der Waals surface area (Å²) in [5, 5.41) is 3.21. The van der Waals surface area contributed by atoms with E-state index in [9.17, 15) is 4.39 Å². The van der Waals surface area contributed by atoms with E-state index in [0.717, 1.165) is 18.5 Å². The molecule has 0 aromatic heterocycles. The average Bonchev–Trinajstić information content (AvgIpc) is 2.43. The van der Waals surface area contributed by atoms with Crippen LogP contribution in [0, 0.1) is 12.7 Å².